The molecule has 1 heterocycles. The van der Waals surface area contributed by atoms with Crippen LogP contribution in [0.1, 0.15) is 10.4 Å². The van der Waals surface area contributed by atoms with Gasteiger partial charge in [-0.15, -0.1) is 10.2 Å². The molecule has 0 saturated carbocycles. The largest absolute Gasteiger partial charge is 0.423 e. The molecule has 8 nitrogen and oxygen atoms in total. The highest BCUT2D eigenvalue weighted by Gasteiger charge is 2.13. The summed E-state index contributed by atoms with van der Waals surface area (Å²) in [5, 5.41) is 18.7. The van der Waals surface area contributed by atoms with Crippen molar-refractivity contribution in [3.63, 3.8) is 0 Å². The van der Waals surface area contributed by atoms with E-state index in [1.807, 2.05) is 30.3 Å². The Morgan fingerprint density at radius 3 is 2.00 bits per heavy atom. The first-order valence-electron chi connectivity index (χ1n) is 8.56. The van der Waals surface area contributed by atoms with Gasteiger partial charge in [-0.25, -0.2) is 4.79 Å². The zero-order chi connectivity index (χ0) is 20.2. The monoisotopic (exact) mass is 387 g/mol. The lowest BCUT2D eigenvalue weighted by molar-refractivity contribution is -0.384. The molecule has 1 aromatic heterocycles. The number of aromatic nitrogens is 2. The molecule has 3 aromatic carbocycles. The van der Waals surface area contributed by atoms with Crippen LogP contribution in [-0.2, 0) is 0 Å². The molecule has 0 atom stereocenters. The van der Waals surface area contributed by atoms with E-state index in [0.717, 1.165) is 5.56 Å². The molecule has 0 aliphatic rings. The normalized spacial score (nSPS) is 10.5. The molecule has 0 radical (unpaired) electrons. The summed E-state index contributed by atoms with van der Waals surface area (Å²) < 4.78 is 10.9. The summed E-state index contributed by atoms with van der Waals surface area (Å²) in [6, 6.07) is 21.2. The van der Waals surface area contributed by atoms with Crippen LogP contribution in [0.4, 0.5) is 5.69 Å². The molecule has 29 heavy (non-hydrogen) atoms. The minimum Gasteiger partial charge on any atom is -0.423 e. The van der Waals surface area contributed by atoms with Crippen molar-refractivity contribution >= 4 is 11.7 Å². The number of hydrogen-bond donors (Lipinski definition) is 0. The molecule has 0 aliphatic carbocycles. The maximum Gasteiger partial charge on any atom is 0.343 e. The van der Waals surface area contributed by atoms with Gasteiger partial charge in [-0.1, -0.05) is 18.2 Å². The molecule has 0 bridgehead atoms. The summed E-state index contributed by atoms with van der Waals surface area (Å²) in [7, 11) is 0. The summed E-state index contributed by atoms with van der Waals surface area (Å²) >= 11 is 0. The Morgan fingerprint density at radius 1 is 0.828 bits per heavy atom. The average Bonchev–Trinajstić information content (AvgIpc) is 3.25. The summed E-state index contributed by atoms with van der Waals surface area (Å²) in [5.74, 6) is 0.372. The third-order valence-electron chi connectivity index (χ3n) is 4.07. The van der Waals surface area contributed by atoms with Gasteiger partial charge in [0.15, 0.2) is 0 Å². The fourth-order valence-corrected chi connectivity index (χ4v) is 2.59. The zero-order valence-electron chi connectivity index (χ0n) is 14.9. The van der Waals surface area contributed by atoms with Crippen LogP contribution in [0.2, 0.25) is 0 Å². The van der Waals surface area contributed by atoms with Crippen molar-refractivity contribution < 1.29 is 18.9 Å². The SMILES string of the molecule is O=C(Oc1ccc([N+](=O)[O-])cc1)c1ccc(-c2nnc(-c3ccccc3)o2)cc1. The van der Waals surface area contributed by atoms with E-state index in [1.54, 1.807) is 24.3 Å². The van der Waals surface area contributed by atoms with Crippen LogP contribution in [0.25, 0.3) is 22.9 Å². The lowest BCUT2D eigenvalue weighted by Crippen LogP contribution is -2.08. The smallest absolute Gasteiger partial charge is 0.343 e. The van der Waals surface area contributed by atoms with Crippen molar-refractivity contribution in [3.05, 3.63) is 94.5 Å². The maximum absolute atomic E-state index is 12.3. The molecule has 0 amide bonds. The Balaban J connectivity index is 1.47. The highest BCUT2D eigenvalue weighted by atomic mass is 16.6. The number of carbonyl (C=O) groups excluding carboxylic acids is 1. The predicted octanol–water partition coefficient (Wildman–Crippen LogP) is 4.53. The van der Waals surface area contributed by atoms with Gasteiger partial charge in [0.25, 0.3) is 5.69 Å². The minimum atomic E-state index is -0.582. The van der Waals surface area contributed by atoms with Gasteiger partial charge < -0.3 is 9.15 Å². The first-order valence-corrected chi connectivity index (χ1v) is 8.56. The van der Waals surface area contributed by atoms with Crippen LogP contribution in [0.15, 0.2) is 83.3 Å². The Bertz CT molecular complexity index is 1150. The molecule has 0 aliphatic heterocycles. The number of ether oxygens (including phenoxy) is 1. The van der Waals surface area contributed by atoms with Crippen LogP contribution in [0, 0.1) is 10.1 Å². The molecule has 0 fully saturated rings. The quantitative estimate of drug-likeness (QED) is 0.214. The number of benzene rings is 3. The van der Waals surface area contributed by atoms with Gasteiger partial charge in [0.05, 0.1) is 10.5 Å². The molecular formula is C21H13N3O5. The molecule has 0 spiro atoms. The van der Waals surface area contributed by atoms with Crippen LogP contribution in [0.3, 0.4) is 0 Å². The van der Waals surface area contributed by atoms with Gasteiger partial charge in [-0.2, -0.15) is 0 Å². The lowest BCUT2D eigenvalue weighted by Gasteiger charge is -2.04. The second-order valence-corrected chi connectivity index (χ2v) is 6.00. The van der Waals surface area contributed by atoms with Gasteiger partial charge in [-0.3, -0.25) is 10.1 Å². The van der Waals surface area contributed by atoms with E-state index in [0.29, 0.717) is 22.9 Å². The first kappa shape index (κ1) is 18.1. The second kappa shape index (κ2) is 7.73. The third-order valence-corrected chi connectivity index (χ3v) is 4.07. The van der Waals surface area contributed by atoms with E-state index >= 15 is 0 Å². The number of carbonyl (C=O) groups is 1. The predicted molar refractivity (Wildman–Crippen MR) is 103 cm³/mol. The van der Waals surface area contributed by atoms with Crippen LogP contribution < -0.4 is 4.74 Å². The Morgan fingerprint density at radius 2 is 1.41 bits per heavy atom. The average molecular weight is 387 g/mol. The Labute approximate surface area is 164 Å². The number of nitrogens with zero attached hydrogens (tertiary/aromatic N) is 3. The van der Waals surface area contributed by atoms with Crippen molar-refractivity contribution in [2.24, 2.45) is 0 Å². The Hall–Kier alpha value is -4.33. The van der Waals surface area contributed by atoms with Crippen molar-refractivity contribution in [2.45, 2.75) is 0 Å². The fourth-order valence-electron chi connectivity index (χ4n) is 2.59. The summed E-state index contributed by atoms with van der Waals surface area (Å²) in [4.78, 5) is 22.4. The zero-order valence-corrected chi connectivity index (χ0v) is 14.9. The summed E-state index contributed by atoms with van der Waals surface area (Å²) in [6.45, 7) is 0. The number of hydrogen-bond acceptors (Lipinski definition) is 7. The van der Waals surface area contributed by atoms with Crippen molar-refractivity contribution in [2.75, 3.05) is 0 Å². The van der Waals surface area contributed by atoms with E-state index in [-0.39, 0.29) is 11.4 Å². The lowest BCUT2D eigenvalue weighted by atomic mass is 10.1. The molecule has 0 saturated heterocycles. The highest BCUT2D eigenvalue weighted by molar-refractivity contribution is 5.91. The molecule has 4 aromatic rings. The standard InChI is InChI=1S/C21H13N3O5/c25-21(28-18-12-10-17(11-13-18)24(26)27)16-8-6-15(7-9-16)20-23-22-19(29-20)14-4-2-1-3-5-14/h1-13H. The molecular weight excluding hydrogens is 374 g/mol. The number of rotatable bonds is 5. The number of nitro groups is 1. The molecule has 142 valence electrons. The van der Waals surface area contributed by atoms with Gasteiger partial charge in [0.1, 0.15) is 5.75 Å². The number of esters is 1. The van der Waals surface area contributed by atoms with Gasteiger partial charge in [0.2, 0.25) is 11.8 Å². The van der Waals surface area contributed by atoms with Gasteiger partial charge in [0, 0.05) is 23.3 Å². The summed E-state index contributed by atoms with van der Waals surface area (Å²) in [6.07, 6.45) is 0. The second-order valence-electron chi connectivity index (χ2n) is 6.00. The van der Waals surface area contributed by atoms with Gasteiger partial charge >= 0.3 is 5.97 Å². The number of non-ortho nitro benzene ring substituents is 1. The van der Waals surface area contributed by atoms with E-state index in [9.17, 15) is 14.9 Å². The molecule has 0 unspecified atom stereocenters. The minimum absolute atomic E-state index is 0.0800. The molecule has 0 N–H and O–H groups in total. The van der Waals surface area contributed by atoms with Crippen LogP contribution in [-0.4, -0.2) is 21.1 Å². The highest BCUT2D eigenvalue weighted by Crippen LogP contribution is 2.24. The first-order chi connectivity index (χ1) is 14.1. The van der Waals surface area contributed by atoms with Crippen molar-refractivity contribution in [3.8, 4) is 28.7 Å². The van der Waals surface area contributed by atoms with Crippen molar-refractivity contribution in [1.82, 2.24) is 10.2 Å². The Kier molecular flexibility index (Phi) is 4.81. The maximum atomic E-state index is 12.3. The summed E-state index contributed by atoms with van der Waals surface area (Å²) in [5.41, 5.74) is 1.71. The van der Waals surface area contributed by atoms with E-state index in [2.05, 4.69) is 10.2 Å². The van der Waals surface area contributed by atoms with E-state index in [1.165, 1.54) is 24.3 Å². The van der Waals surface area contributed by atoms with E-state index in [4.69, 9.17) is 9.15 Å². The van der Waals surface area contributed by atoms with Gasteiger partial charge in [-0.05, 0) is 48.5 Å². The molecule has 4 rings (SSSR count). The fraction of sp³-hybridized carbons (Fsp3) is 0. The topological polar surface area (TPSA) is 108 Å². The third kappa shape index (κ3) is 4.01. The molecule has 8 heteroatoms. The van der Waals surface area contributed by atoms with E-state index < -0.39 is 10.9 Å². The number of nitro benzene ring substituents is 1. The van der Waals surface area contributed by atoms with Crippen LogP contribution in [0.5, 0.6) is 5.75 Å². The van der Waals surface area contributed by atoms with Crippen LogP contribution >= 0.6 is 0 Å². The van der Waals surface area contributed by atoms with Crippen molar-refractivity contribution in [1.29, 1.82) is 0 Å².